The molecular formula is C24H28IP. The molecule has 0 amide bonds. The van der Waals surface area contributed by atoms with E-state index in [9.17, 15) is 0 Å². The predicted molar refractivity (Wildman–Crippen MR) is 114 cm³/mol. The second-order valence-corrected chi connectivity index (χ2v) is 11.6. The molecule has 0 unspecified atom stereocenters. The van der Waals surface area contributed by atoms with Gasteiger partial charge in [0.2, 0.25) is 0 Å². The fourth-order valence-corrected chi connectivity index (χ4v) is 8.46. The molecule has 0 nitrogen and oxygen atoms in total. The Balaban J connectivity index is 0.00000243. The van der Waals surface area contributed by atoms with Crippen LogP contribution in [0, 0.1) is 20.8 Å². The molecule has 26 heavy (non-hydrogen) atoms. The van der Waals surface area contributed by atoms with Crippen molar-refractivity contribution < 1.29 is 24.0 Å². The maximum Gasteiger partial charge on any atom is 0.124 e. The highest BCUT2D eigenvalue weighted by molar-refractivity contribution is 7.82. The molecule has 0 saturated heterocycles. The highest BCUT2D eigenvalue weighted by Gasteiger charge is 2.43. The van der Waals surface area contributed by atoms with E-state index in [0.717, 1.165) is 0 Å². The molecule has 2 heteroatoms. The molecule has 0 atom stereocenters. The summed E-state index contributed by atoms with van der Waals surface area (Å²) in [7, 11) is -1.44. The SMILES string of the molecule is Cc1cc(C)c([P+](C)(C)C(c2ccccc2)c2ccccc2)c(C)c1.[I-]. The summed E-state index contributed by atoms with van der Waals surface area (Å²) in [5.41, 5.74) is 7.50. The Labute approximate surface area is 176 Å². The van der Waals surface area contributed by atoms with Crippen molar-refractivity contribution in [2.45, 2.75) is 26.4 Å². The van der Waals surface area contributed by atoms with Crippen molar-refractivity contribution in [1.82, 2.24) is 0 Å². The third kappa shape index (κ3) is 4.21. The van der Waals surface area contributed by atoms with Gasteiger partial charge in [0.25, 0.3) is 0 Å². The van der Waals surface area contributed by atoms with E-state index in [-0.39, 0.29) is 24.0 Å². The van der Waals surface area contributed by atoms with Crippen LogP contribution in [0.15, 0.2) is 72.8 Å². The lowest BCUT2D eigenvalue weighted by Crippen LogP contribution is -3.00. The van der Waals surface area contributed by atoms with Crippen LogP contribution in [-0.2, 0) is 0 Å². The van der Waals surface area contributed by atoms with Crippen molar-refractivity contribution >= 4 is 12.6 Å². The molecule has 0 fully saturated rings. The molecule has 0 aromatic heterocycles. The highest BCUT2D eigenvalue weighted by Crippen LogP contribution is 2.66. The zero-order valence-electron chi connectivity index (χ0n) is 16.3. The van der Waals surface area contributed by atoms with E-state index in [0.29, 0.717) is 5.66 Å². The smallest absolute Gasteiger partial charge is 0.124 e. The van der Waals surface area contributed by atoms with Gasteiger partial charge >= 0.3 is 0 Å². The summed E-state index contributed by atoms with van der Waals surface area (Å²) in [5.74, 6) is 0. The topological polar surface area (TPSA) is 0 Å². The summed E-state index contributed by atoms with van der Waals surface area (Å²) < 4.78 is 0. The number of hydrogen-bond acceptors (Lipinski definition) is 0. The standard InChI is InChI=1S/C24H28P.HI/c1-18-16-19(2)23(20(3)17-18)25(4,5)24(21-12-8-6-9-13-21)22-14-10-7-11-15-22;/h6-17,24H,1-5H3;1H/q+1;/p-1. The van der Waals surface area contributed by atoms with E-state index < -0.39 is 7.26 Å². The number of aryl methyl sites for hydroxylation is 3. The van der Waals surface area contributed by atoms with E-state index in [4.69, 9.17) is 0 Å². The fourth-order valence-electron chi connectivity index (χ4n) is 4.42. The average Bonchev–Trinajstić information content (AvgIpc) is 2.55. The van der Waals surface area contributed by atoms with Gasteiger partial charge in [-0.2, -0.15) is 0 Å². The molecule has 136 valence electrons. The average molecular weight is 474 g/mol. The molecule has 3 rings (SSSR count). The first-order valence-electron chi connectivity index (χ1n) is 8.93. The Hall–Kier alpha value is -1.18. The Morgan fingerprint density at radius 1 is 0.654 bits per heavy atom. The lowest BCUT2D eigenvalue weighted by atomic mass is 10.0. The van der Waals surface area contributed by atoms with Crippen LogP contribution in [0.3, 0.4) is 0 Å². The van der Waals surface area contributed by atoms with Crippen molar-refractivity contribution in [2.75, 3.05) is 13.3 Å². The molecule has 0 aliphatic carbocycles. The van der Waals surface area contributed by atoms with Crippen molar-refractivity contribution in [3.63, 3.8) is 0 Å². The second kappa shape index (κ2) is 8.67. The summed E-state index contributed by atoms with van der Waals surface area (Å²) in [6, 6.07) is 26.7. The first kappa shape index (κ1) is 21.1. The summed E-state index contributed by atoms with van der Waals surface area (Å²) in [6.45, 7) is 11.8. The molecule has 0 bridgehead atoms. The fraction of sp³-hybridized carbons (Fsp3) is 0.250. The van der Waals surface area contributed by atoms with Crippen LogP contribution in [0.2, 0.25) is 0 Å². The lowest BCUT2D eigenvalue weighted by Gasteiger charge is -2.31. The molecule has 0 saturated carbocycles. The predicted octanol–water partition coefficient (Wildman–Crippen LogP) is 3.31. The maximum absolute atomic E-state index is 2.50. The Morgan fingerprint density at radius 3 is 1.42 bits per heavy atom. The van der Waals surface area contributed by atoms with E-state index >= 15 is 0 Å². The number of benzene rings is 3. The van der Waals surface area contributed by atoms with E-state index in [1.54, 1.807) is 5.30 Å². The summed E-state index contributed by atoms with van der Waals surface area (Å²) in [6.07, 6.45) is 0. The monoisotopic (exact) mass is 474 g/mol. The largest absolute Gasteiger partial charge is 1.00 e. The summed E-state index contributed by atoms with van der Waals surface area (Å²) in [5, 5.41) is 1.58. The van der Waals surface area contributed by atoms with Gasteiger partial charge in [0.05, 0.1) is 20.6 Å². The lowest BCUT2D eigenvalue weighted by molar-refractivity contribution is -0.00000539. The zero-order valence-corrected chi connectivity index (χ0v) is 19.4. The molecule has 0 radical (unpaired) electrons. The van der Waals surface area contributed by atoms with Gasteiger partial charge in [-0.25, -0.2) is 0 Å². The van der Waals surface area contributed by atoms with Gasteiger partial charge in [-0.05, 0) is 43.0 Å². The molecule has 3 aromatic carbocycles. The van der Waals surface area contributed by atoms with Crippen LogP contribution in [0.25, 0.3) is 0 Å². The van der Waals surface area contributed by atoms with Crippen molar-refractivity contribution in [3.05, 3.63) is 101 Å². The van der Waals surface area contributed by atoms with Crippen LogP contribution in [0.5, 0.6) is 0 Å². The third-order valence-corrected chi connectivity index (χ3v) is 8.83. The Morgan fingerprint density at radius 2 is 1.04 bits per heavy atom. The number of rotatable bonds is 4. The summed E-state index contributed by atoms with van der Waals surface area (Å²) in [4.78, 5) is 0. The third-order valence-electron chi connectivity index (χ3n) is 5.09. The van der Waals surface area contributed by atoms with Crippen LogP contribution in [0.1, 0.15) is 33.5 Å². The van der Waals surface area contributed by atoms with Gasteiger partial charge in [-0.15, -0.1) is 0 Å². The van der Waals surface area contributed by atoms with Gasteiger partial charge < -0.3 is 24.0 Å². The van der Waals surface area contributed by atoms with Crippen molar-refractivity contribution in [2.24, 2.45) is 0 Å². The minimum absolute atomic E-state index is 0. The van der Waals surface area contributed by atoms with Gasteiger partial charge in [-0.3, -0.25) is 0 Å². The first-order chi connectivity index (χ1) is 11.9. The minimum atomic E-state index is -1.44. The number of halogens is 1. The molecule has 0 aliphatic heterocycles. The van der Waals surface area contributed by atoms with Crippen LogP contribution in [-0.4, -0.2) is 13.3 Å². The van der Waals surface area contributed by atoms with Crippen LogP contribution < -0.4 is 29.3 Å². The maximum atomic E-state index is 2.50. The van der Waals surface area contributed by atoms with Crippen LogP contribution in [0.4, 0.5) is 0 Å². The van der Waals surface area contributed by atoms with Gasteiger partial charge in [0.15, 0.2) is 0 Å². The van der Waals surface area contributed by atoms with E-state index in [2.05, 4.69) is 107 Å². The Bertz CT molecular complexity index is 791. The molecular weight excluding hydrogens is 446 g/mol. The second-order valence-electron chi connectivity index (χ2n) is 7.51. The van der Waals surface area contributed by atoms with Crippen LogP contribution >= 0.6 is 7.26 Å². The quantitative estimate of drug-likeness (QED) is 0.402. The molecule has 3 aromatic rings. The van der Waals surface area contributed by atoms with Gasteiger partial charge in [0.1, 0.15) is 11.0 Å². The van der Waals surface area contributed by atoms with E-state index in [1.165, 1.54) is 27.8 Å². The first-order valence-corrected chi connectivity index (χ1v) is 11.7. The zero-order chi connectivity index (χ0) is 18.0. The normalized spacial score (nSPS) is 11.3. The van der Waals surface area contributed by atoms with Crippen molar-refractivity contribution in [1.29, 1.82) is 0 Å². The molecule has 0 N–H and O–H groups in total. The minimum Gasteiger partial charge on any atom is -1.00 e. The Kier molecular flexibility index (Phi) is 7.05. The highest BCUT2D eigenvalue weighted by atomic mass is 127. The van der Waals surface area contributed by atoms with Crippen molar-refractivity contribution in [3.8, 4) is 0 Å². The number of hydrogen-bond donors (Lipinski definition) is 0. The van der Waals surface area contributed by atoms with Gasteiger partial charge in [-0.1, -0.05) is 78.4 Å². The van der Waals surface area contributed by atoms with Gasteiger partial charge in [0, 0.05) is 0 Å². The molecule has 0 aliphatic rings. The summed E-state index contributed by atoms with van der Waals surface area (Å²) >= 11 is 0. The molecule has 0 spiro atoms. The molecule has 0 heterocycles. The van der Waals surface area contributed by atoms with E-state index in [1.807, 2.05) is 0 Å².